The number of hydrogen-bond donors (Lipinski definition) is 1. The maximum absolute atomic E-state index is 13.5. The first-order valence-corrected chi connectivity index (χ1v) is 12.2. The zero-order chi connectivity index (χ0) is 23.3. The number of halogens is 2. The average Bonchev–Trinajstić information content (AvgIpc) is 2.90. The summed E-state index contributed by atoms with van der Waals surface area (Å²) in [5, 5.41) is 8.74. The Morgan fingerprint density at radius 1 is 1.34 bits per heavy atom. The molecule has 0 aliphatic carbocycles. The maximum Gasteiger partial charge on any atom is 0.368 e. The summed E-state index contributed by atoms with van der Waals surface area (Å²) in [6.07, 6.45) is 3.21. The number of fused-ring (bicyclic) bond motifs is 1. The summed E-state index contributed by atoms with van der Waals surface area (Å²) in [5.41, 5.74) is 1.59. The van der Waals surface area contributed by atoms with Crippen LogP contribution in [0.2, 0.25) is 0 Å². The Labute approximate surface area is 192 Å². The van der Waals surface area contributed by atoms with Crippen molar-refractivity contribution in [2.45, 2.75) is 28.7 Å². The van der Waals surface area contributed by atoms with Gasteiger partial charge in [0.2, 0.25) is 5.83 Å². The second kappa shape index (κ2) is 10.9. The van der Waals surface area contributed by atoms with E-state index in [4.69, 9.17) is 9.84 Å². The van der Waals surface area contributed by atoms with Crippen molar-refractivity contribution in [2.24, 2.45) is 0 Å². The molecule has 0 fully saturated rings. The van der Waals surface area contributed by atoms with Crippen molar-refractivity contribution in [1.29, 1.82) is 0 Å². The molecular weight excluding hydrogens is 458 g/mol. The summed E-state index contributed by atoms with van der Waals surface area (Å²) < 4.78 is 46.8. The fourth-order valence-electron chi connectivity index (χ4n) is 3.45. The van der Waals surface area contributed by atoms with Crippen molar-refractivity contribution in [3.05, 3.63) is 54.6 Å². The highest BCUT2D eigenvalue weighted by Crippen LogP contribution is 2.42. The zero-order valence-electron chi connectivity index (χ0n) is 17.7. The van der Waals surface area contributed by atoms with Gasteiger partial charge in [-0.1, -0.05) is 18.2 Å². The van der Waals surface area contributed by atoms with Gasteiger partial charge in [0.15, 0.2) is 0 Å². The van der Waals surface area contributed by atoms with Gasteiger partial charge in [0, 0.05) is 31.4 Å². The number of alkyl halides is 1. The first-order valence-electron chi connectivity index (χ1n) is 9.88. The monoisotopic (exact) mass is 482 g/mol. The summed E-state index contributed by atoms with van der Waals surface area (Å²) in [6.45, 7) is 0.0478. The Balaban J connectivity index is 2.13. The SMILES string of the molecule is CSc1cc2c(cc1O/C=C(\F)C(=O)O)S(=O)N(C)C(CCCF)CN2c1ccccc1. The van der Waals surface area contributed by atoms with Crippen LogP contribution >= 0.6 is 11.8 Å². The molecule has 10 heteroatoms. The van der Waals surface area contributed by atoms with Crippen LogP contribution in [0.4, 0.5) is 20.2 Å². The smallest absolute Gasteiger partial charge is 0.368 e. The lowest BCUT2D eigenvalue weighted by atomic mass is 10.1. The number of likely N-dealkylation sites (N-methyl/N-ethyl adjacent to an activating group) is 1. The molecule has 6 nitrogen and oxygen atoms in total. The molecule has 32 heavy (non-hydrogen) atoms. The molecule has 1 aliphatic heterocycles. The fraction of sp³-hybridized carbons (Fsp3) is 0.318. The Bertz CT molecular complexity index is 1020. The minimum atomic E-state index is -1.74. The third-order valence-corrected chi connectivity index (χ3v) is 7.41. The standard InChI is InChI=1S/C22H24F2N2O4S2/c1-25-16(9-6-10-23)13-26(15-7-4-3-5-8-15)18-11-20(31-2)19(12-21(18)32(25)29)30-14-17(24)22(27)28/h3-5,7-8,11-12,14,16H,6,9-10,13H2,1-2H3,(H,27,28)/b17-14-. The normalized spacial score (nSPS) is 19.4. The van der Waals surface area contributed by atoms with E-state index in [1.807, 2.05) is 41.5 Å². The van der Waals surface area contributed by atoms with Gasteiger partial charge in [-0.2, -0.15) is 4.39 Å². The van der Waals surface area contributed by atoms with Crippen LogP contribution in [-0.2, 0) is 15.8 Å². The first kappa shape index (κ1) is 24.2. The first-order chi connectivity index (χ1) is 15.4. The highest BCUT2D eigenvalue weighted by atomic mass is 32.2. The third kappa shape index (κ3) is 5.31. The number of carboxylic acids is 1. The number of carbonyl (C=O) groups is 1. The molecule has 2 aromatic rings. The highest BCUT2D eigenvalue weighted by molar-refractivity contribution is 7.98. The number of carboxylic acid groups (broad SMARTS) is 1. The van der Waals surface area contributed by atoms with Gasteiger partial charge in [0.05, 0.1) is 22.2 Å². The predicted octanol–water partition coefficient (Wildman–Crippen LogP) is 4.91. The van der Waals surface area contributed by atoms with Gasteiger partial charge in [-0.3, -0.25) is 4.39 Å². The molecule has 2 aromatic carbocycles. The quantitative estimate of drug-likeness (QED) is 0.328. The van der Waals surface area contributed by atoms with Crippen LogP contribution in [0.1, 0.15) is 12.8 Å². The summed E-state index contributed by atoms with van der Waals surface area (Å²) in [6, 6.07) is 12.8. The third-order valence-electron chi connectivity index (χ3n) is 5.13. The topological polar surface area (TPSA) is 70.1 Å². The number of hydrogen-bond acceptors (Lipinski definition) is 5. The van der Waals surface area contributed by atoms with Crippen LogP contribution in [0.25, 0.3) is 0 Å². The molecule has 3 rings (SSSR count). The Morgan fingerprint density at radius 2 is 2.06 bits per heavy atom. The minimum absolute atomic E-state index is 0.175. The number of aliphatic carboxylic acids is 1. The molecule has 0 saturated carbocycles. The number of para-hydroxylation sites is 1. The van der Waals surface area contributed by atoms with Crippen molar-refractivity contribution < 1.29 is 27.6 Å². The lowest BCUT2D eigenvalue weighted by molar-refractivity contribution is -0.134. The van der Waals surface area contributed by atoms with Gasteiger partial charge in [0.25, 0.3) is 0 Å². The second-order valence-corrected chi connectivity index (χ2v) is 9.45. The van der Waals surface area contributed by atoms with Gasteiger partial charge in [-0.05, 0) is 37.3 Å². The molecule has 0 aromatic heterocycles. The molecule has 2 atom stereocenters. The van der Waals surface area contributed by atoms with Gasteiger partial charge >= 0.3 is 5.97 Å². The molecule has 1 aliphatic rings. The van der Waals surface area contributed by atoms with E-state index in [0.29, 0.717) is 41.1 Å². The van der Waals surface area contributed by atoms with E-state index < -0.39 is 29.5 Å². The number of benzene rings is 2. The lowest BCUT2D eigenvalue weighted by Gasteiger charge is -2.29. The summed E-state index contributed by atoms with van der Waals surface area (Å²) >= 11 is 1.34. The molecule has 172 valence electrons. The largest absolute Gasteiger partial charge is 0.476 e. The van der Waals surface area contributed by atoms with Gasteiger partial charge in [-0.15, -0.1) is 11.8 Å². The highest BCUT2D eigenvalue weighted by Gasteiger charge is 2.32. The summed E-state index contributed by atoms with van der Waals surface area (Å²) in [7, 11) is 0.127. The van der Waals surface area contributed by atoms with Gasteiger partial charge in [0.1, 0.15) is 23.0 Å². The lowest BCUT2D eigenvalue weighted by Crippen LogP contribution is -2.38. The zero-order valence-corrected chi connectivity index (χ0v) is 19.3. The van der Waals surface area contributed by atoms with Crippen molar-refractivity contribution in [3.8, 4) is 5.75 Å². The molecule has 0 saturated heterocycles. The molecule has 0 radical (unpaired) electrons. The van der Waals surface area contributed by atoms with Gasteiger partial charge in [-0.25, -0.2) is 13.3 Å². The van der Waals surface area contributed by atoms with Crippen LogP contribution in [-0.4, -0.2) is 52.2 Å². The Morgan fingerprint density at radius 3 is 2.69 bits per heavy atom. The number of anilines is 2. The van der Waals surface area contributed by atoms with E-state index in [0.717, 1.165) is 5.69 Å². The Kier molecular flexibility index (Phi) is 8.27. The molecule has 1 N–H and O–H groups in total. The number of nitrogens with zero attached hydrogens (tertiary/aromatic N) is 2. The maximum atomic E-state index is 13.5. The number of ether oxygens (including phenoxy) is 1. The number of rotatable bonds is 8. The van der Waals surface area contributed by atoms with E-state index in [2.05, 4.69) is 0 Å². The van der Waals surface area contributed by atoms with Crippen LogP contribution in [0, 0.1) is 0 Å². The van der Waals surface area contributed by atoms with Gasteiger partial charge < -0.3 is 14.7 Å². The summed E-state index contributed by atoms with van der Waals surface area (Å²) in [5.74, 6) is -2.98. The predicted molar refractivity (Wildman–Crippen MR) is 122 cm³/mol. The van der Waals surface area contributed by atoms with Crippen molar-refractivity contribution >= 4 is 40.1 Å². The molecule has 0 bridgehead atoms. The van der Waals surface area contributed by atoms with Crippen molar-refractivity contribution in [2.75, 3.05) is 31.4 Å². The van der Waals surface area contributed by atoms with E-state index in [1.54, 1.807) is 23.5 Å². The van der Waals surface area contributed by atoms with Crippen LogP contribution in [0.15, 0.2) is 64.3 Å². The second-order valence-electron chi connectivity index (χ2n) is 7.09. The van der Waals surface area contributed by atoms with Crippen LogP contribution in [0.5, 0.6) is 5.75 Å². The van der Waals surface area contributed by atoms with E-state index >= 15 is 0 Å². The summed E-state index contributed by atoms with van der Waals surface area (Å²) in [4.78, 5) is 13.9. The van der Waals surface area contributed by atoms with E-state index in [9.17, 15) is 17.8 Å². The molecule has 1 heterocycles. The molecule has 2 unspecified atom stereocenters. The Hall–Kier alpha value is -2.43. The van der Waals surface area contributed by atoms with E-state index in [1.165, 1.54) is 11.8 Å². The number of thioether (sulfide) groups is 1. The van der Waals surface area contributed by atoms with Crippen LogP contribution in [0.3, 0.4) is 0 Å². The fourth-order valence-corrected chi connectivity index (χ4v) is 5.30. The average molecular weight is 483 g/mol. The van der Waals surface area contributed by atoms with E-state index in [-0.39, 0.29) is 11.8 Å². The molecular formula is C22H24F2N2O4S2. The van der Waals surface area contributed by atoms with Crippen molar-refractivity contribution in [3.63, 3.8) is 0 Å². The molecule has 0 spiro atoms. The van der Waals surface area contributed by atoms with Crippen LogP contribution < -0.4 is 9.64 Å². The minimum Gasteiger partial charge on any atom is -0.476 e. The molecule has 0 amide bonds. The van der Waals surface area contributed by atoms with Crippen molar-refractivity contribution in [1.82, 2.24) is 4.31 Å².